The van der Waals surface area contributed by atoms with Crippen LogP contribution in [0.1, 0.15) is 16.1 Å². The molecular formula is C18H16ClN3O2. The first-order chi connectivity index (χ1) is 11.6. The smallest absolute Gasteiger partial charge is 0.255 e. The van der Waals surface area contributed by atoms with Crippen LogP contribution < -0.4 is 10.1 Å². The van der Waals surface area contributed by atoms with Gasteiger partial charge in [0.1, 0.15) is 11.4 Å². The summed E-state index contributed by atoms with van der Waals surface area (Å²) in [4.78, 5) is 12.5. The van der Waals surface area contributed by atoms with Crippen molar-refractivity contribution in [3.63, 3.8) is 0 Å². The third kappa shape index (κ3) is 3.12. The van der Waals surface area contributed by atoms with Crippen LogP contribution in [0.3, 0.4) is 0 Å². The summed E-state index contributed by atoms with van der Waals surface area (Å²) >= 11 is 5.86. The summed E-state index contributed by atoms with van der Waals surface area (Å²) in [7, 11) is 1.60. The number of nitrogens with zero attached hydrogens (tertiary/aromatic N) is 1. The van der Waals surface area contributed by atoms with Gasteiger partial charge in [-0.1, -0.05) is 23.7 Å². The number of hydrogen-bond acceptors (Lipinski definition) is 3. The number of hydrogen-bond donors (Lipinski definition) is 2. The van der Waals surface area contributed by atoms with Crippen molar-refractivity contribution in [2.24, 2.45) is 0 Å². The van der Waals surface area contributed by atoms with Crippen LogP contribution in [0.15, 0.2) is 48.5 Å². The van der Waals surface area contributed by atoms with Crippen molar-refractivity contribution in [2.75, 3.05) is 12.4 Å². The predicted octanol–water partition coefficient (Wildman–Crippen LogP) is 4.30. The van der Waals surface area contributed by atoms with Gasteiger partial charge in [0, 0.05) is 16.1 Å². The van der Waals surface area contributed by atoms with Gasteiger partial charge in [-0.15, -0.1) is 0 Å². The number of aromatic nitrogens is 2. The molecule has 0 bridgehead atoms. The van der Waals surface area contributed by atoms with Crippen LogP contribution in [-0.4, -0.2) is 23.2 Å². The van der Waals surface area contributed by atoms with Crippen LogP contribution in [0.2, 0.25) is 5.02 Å². The molecule has 0 atom stereocenters. The molecule has 3 aromatic rings. The fraction of sp³-hybridized carbons (Fsp3) is 0.111. The van der Waals surface area contributed by atoms with Crippen molar-refractivity contribution in [2.45, 2.75) is 6.92 Å². The van der Waals surface area contributed by atoms with Gasteiger partial charge in [0.15, 0.2) is 0 Å². The van der Waals surface area contributed by atoms with Gasteiger partial charge in [0.25, 0.3) is 5.91 Å². The fourth-order valence-electron chi connectivity index (χ4n) is 2.40. The average molecular weight is 342 g/mol. The van der Waals surface area contributed by atoms with E-state index in [9.17, 15) is 4.79 Å². The maximum Gasteiger partial charge on any atom is 0.255 e. The summed E-state index contributed by atoms with van der Waals surface area (Å²) in [6.07, 6.45) is 0. The minimum Gasteiger partial charge on any atom is -0.496 e. The highest BCUT2D eigenvalue weighted by molar-refractivity contribution is 6.30. The molecule has 0 saturated carbocycles. The fourth-order valence-corrected chi connectivity index (χ4v) is 2.53. The lowest BCUT2D eigenvalue weighted by atomic mass is 10.1. The van der Waals surface area contributed by atoms with Gasteiger partial charge in [-0.25, -0.2) is 0 Å². The van der Waals surface area contributed by atoms with E-state index >= 15 is 0 Å². The van der Waals surface area contributed by atoms with Gasteiger partial charge >= 0.3 is 0 Å². The lowest BCUT2D eigenvalue weighted by Crippen LogP contribution is -2.12. The molecule has 122 valence electrons. The number of ether oxygens (including phenoxy) is 1. The number of rotatable bonds is 4. The Hall–Kier alpha value is -2.79. The van der Waals surface area contributed by atoms with Gasteiger partial charge in [-0.05, 0) is 43.3 Å². The molecule has 1 aromatic heterocycles. The molecule has 3 rings (SSSR count). The number of aryl methyl sites for hydroxylation is 1. The van der Waals surface area contributed by atoms with Crippen LogP contribution in [0.5, 0.6) is 5.75 Å². The van der Waals surface area contributed by atoms with Crippen molar-refractivity contribution in [1.29, 1.82) is 0 Å². The van der Waals surface area contributed by atoms with E-state index in [-0.39, 0.29) is 5.91 Å². The molecule has 0 aliphatic carbocycles. The maximum atomic E-state index is 12.5. The van der Waals surface area contributed by atoms with Crippen LogP contribution in [0.25, 0.3) is 11.3 Å². The van der Waals surface area contributed by atoms with Gasteiger partial charge in [-0.3, -0.25) is 9.89 Å². The van der Waals surface area contributed by atoms with Crippen molar-refractivity contribution in [1.82, 2.24) is 10.2 Å². The lowest BCUT2D eigenvalue weighted by Gasteiger charge is -2.10. The molecule has 5 nitrogen and oxygen atoms in total. The Morgan fingerprint density at radius 3 is 2.58 bits per heavy atom. The average Bonchev–Trinajstić information content (AvgIpc) is 2.96. The number of nitrogens with one attached hydrogen (secondary N) is 2. The second-order valence-electron chi connectivity index (χ2n) is 5.23. The monoisotopic (exact) mass is 341 g/mol. The van der Waals surface area contributed by atoms with Gasteiger partial charge in [0.05, 0.1) is 18.5 Å². The van der Waals surface area contributed by atoms with Crippen LogP contribution in [-0.2, 0) is 0 Å². The molecule has 0 aliphatic rings. The zero-order valence-electron chi connectivity index (χ0n) is 13.3. The Morgan fingerprint density at radius 1 is 1.17 bits per heavy atom. The molecule has 0 saturated heterocycles. The van der Waals surface area contributed by atoms with Gasteiger partial charge in [0.2, 0.25) is 0 Å². The summed E-state index contributed by atoms with van der Waals surface area (Å²) in [5.41, 5.74) is 3.34. The normalized spacial score (nSPS) is 10.5. The quantitative estimate of drug-likeness (QED) is 0.743. The molecule has 2 aromatic carbocycles. The second kappa shape index (κ2) is 6.76. The number of H-pyrrole nitrogens is 1. The number of amides is 1. The van der Waals surface area contributed by atoms with E-state index in [4.69, 9.17) is 16.3 Å². The van der Waals surface area contributed by atoms with E-state index < -0.39 is 0 Å². The first-order valence-electron chi connectivity index (χ1n) is 7.35. The standard InChI is InChI=1S/C18H16ClN3O2/c1-11-16(20-18(23)12-7-9-13(19)10-8-12)17(22-21-11)14-5-3-4-6-15(14)24-2/h3-10H,1-2H3,(H,20,23)(H,21,22). The molecule has 24 heavy (non-hydrogen) atoms. The number of methoxy groups -OCH3 is 1. The van der Waals surface area contributed by atoms with E-state index in [1.54, 1.807) is 31.4 Å². The topological polar surface area (TPSA) is 67.0 Å². The van der Waals surface area contributed by atoms with Gasteiger partial charge in [-0.2, -0.15) is 5.10 Å². The maximum absolute atomic E-state index is 12.5. The van der Waals surface area contributed by atoms with Crippen LogP contribution in [0, 0.1) is 6.92 Å². The second-order valence-corrected chi connectivity index (χ2v) is 5.67. The highest BCUT2D eigenvalue weighted by atomic mass is 35.5. The molecule has 0 unspecified atom stereocenters. The third-order valence-corrected chi connectivity index (χ3v) is 3.91. The predicted molar refractivity (Wildman–Crippen MR) is 94.7 cm³/mol. The Bertz CT molecular complexity index is 872. The minimum atomic E-state index is -0.229. The molecule has 1 amide bonds. The summed E-state index contributed by atoms with van der Waals surface area (Å²) < 4.78 is 5.39. The highest BCUT2D eigenvalue weighted by Crippen LogP contribution is 2.35. The first kappa shape index (κ1) is 16.1. The Kier molecular flexibility index (Phi) is 4.53. The number of aromatic amines is 1. The summed E-state index contributed by atoms with van der Waals surface area (Å²) in [5.74, 6) is 0.457. The Morgan fingerprint density at radius 2 is 1.88 bits per heavy atom. The number of benzene rings is 2. The van der Waals surface area contributed by atoms with Crippen LogP contribution in [0.4, 0.5) is 5.69 Å². The molecule has 6 heteroatoms. The van der Waals surface area contributed by atoms with E-state index in [0.29, 0.717) is 27.7 Å². The summed E-state index contributed by atoms with van der Waals surface area (Å²) in [6, 6.07) is 14.2. The molecular weight excluding hydrogens is 326 g/mol. The van der Waals surface area contributed by atoms with E-state index in [2.05, 4.69) is 15.5 Å². The first-order valence-corrected chi connectivity index (χ1v) is 7.73. The largest absolute Gasteiger partial charge is 0.496 e. The van der Waals surface area contributed by atoms with Crippen molar-refractivity contribution in [3.05, 3.63) is 64.8 Å². The van der Waals surface area contributed by atoms with E-state index in [0.717, 1.165) is 11.3 Å². The molecule has 0 spiro atoms. The Labute approximate surface area is 144 Å². The Balaban J connectivity index is 1.96. The van der Waals surface area contributed by atoms with Crippen molar-refractivity contribution < 1.29 is 9.53 Å². The summed E-state index contributed by atoms with van der Waals surface area (Å²) in [5, 5.41) is 10.7. The number of halogens is 1. The zero-order valence-corrected chi connectivity index (χ0v) is 14.0. The number of anilines is 1. The molecule has 1 heterocycles. The van der Waals surface area contributed by atoms with Crippen molar-refractivity contribution in [3.8, 4) is 17.0 Å². The number of carbonyl (C=O) groups is 1. The number of carbonyl (C=O) groups excluding carboxylic acids is 1. The van der Waals surface area contributed by atoms with Gasteiger partial charge < -0.3 is 10.1 Å². The SMILES string of the molecule is COc1ccccc1-c1n[nH]c(C)c1NC(=O)c1ccc(Cl)cc1. The van der Waals surface area contributed by atoms with E-state index in [1.807, 2.05) is 31.2 Å². The summed E-state index contributed by atoms with van der Waals surface area (Å²) in [6.45, 7) is 1.85. The third-order valence-electron chi connectivity index (χ3n) is 3.65. The zero-order chi connectivity index (χ0) is 17.1. The lowest BCUT2D eigenvalue weighted by molar-refractivity contribution is 0.102. The van der Waals surface area contributed by atoms with Crippen LogP contribution >= 0.6 is 11.6 Å². The molecule has 0 aliphatic heterocycles. The van der Waals surface area contributed by atoms with E-state index in [1.165, 1.54) is 0 Å². The highest BCUT2D eigenvalue weighted by Gasteiger charge is 2.18. The van der Waals surface area contributed by atoms with Crippen molar-refractivity contribution >= 4 is 23.2 Å². The molecule has 0 fully saturated rings. The number of para-hydroxylation sites is 1. The molecule has 0 radical (unpaired) electrons. The minimum absolute atomic E-state index is 0.229. The molecule has 2 N–H and O–H groups in total.